The normalized spacial score (nSPS) is 22.6. The Labute approximate surface area is 85.9 Å². The summed E-state index contributed by atoms with van der Waals surface area (Å²) in [6.07, 6.45) is 8.58. The highest BCUT2D eigenvalue weighted by Gasteiger charge is 2.14. The molecule has 0 heterocycles. The molecule has 0 aromatic carbocycles. The molecular formula is C11H20OS. The lowest BCUT2D eigenvalue weighted by molar-refractivity contribution is 0.267. The van der Waals surface area contributed by atoms with E-state index in [-0.39, 0.29) is 0 Å². The van der Waals surface area contributed by atoms with Crippen molar-refractivity contribution in [3.63, 3.8) is 0 Å². The third-order valence-electron chi connectivity index (χ3n) is 2.43. The van der Waals surface area contributed by atoms with Gasteiger partial charge in [0, 0.05) is 11.7 Å². The Bertz CT molecular complexity index is 165. The number of hydrogen-bond donors (Lipinski definition) is 0. The second-order valence-electron chi connectivity index (χ2n) is 3.50. The Hall–Kier alpha value is -0.110. The first-order valence-electron chi connectivity index (χ1n) is 5.21. The molecule has 1 rings (SSSR count). The second-order valence-corrected chi connectivity index (χ2v) is 4.90. The first kappa shape index (κ1) is 11.0. The highest BCUT2D eigenvalue weighted by Crippen LogP contribution is 2.28. The lowest BCUT2D eigenvalue weighted by Crippen LogP contribution is -2.09. The number of unbranched alkanes of at least 4 members (excludes halogenated alkanes) is 1. The van der Waals surface area contributed by atoms with E-state index in [0.29, 0.717) is 0 Å². The summed E-state index contributed by atoms with van der Waals surface area (Å²) in [4.78, 5) is 0. The Morgan fingerprint density at radius 2 is 2.46 bits per heavy atom. The molecule has 2 heteroatoms. The maximum Gasteiger partial charge on any atom is 0.0916 e. The second kappa shape index (κ2) is 6.36. The summed E-state index contributed by atoms with van der Waals surface area (Å²) in [6.45, 7) is 2.25. The van der Waals surface area contributed by atoms with Crippen LogP contribution in [-0.2, 0) is 4.74 Å². The van der Waals surface area contributed by atoms with Gasteiger partial charge in [-0.1, -0.05) is 13.3 Å². The maximum absolute atomic E-state index is 5.22. The zero-order chi connectivity index (χ0) is 9.52. The molecule has 1 nitrogen and oxygen atoms in total. The molecule has 0 N–H and O–H groups in total. The lowest BCUT2D eigenvalue weighted by atomic mass is 10.1. The molecule has 1 unspecified atom stereocenters. The van der Waals surface area contributed by atoms with Crippen molar-refractivity contribution in [3.8, 4) is 0 Å². The third-order valence-corrected chi connectivity index (χ3v) is 3.86. The van der Waals surface area contributed by atoms with Crippen LogP contribution in [0.15, 0.2) is 11.8 Å². The summed E-state index contributed by atoms with van der Waals surface area (Å²) in [6, 6.07) is 0. The van der Waals surface area contributed by atoms with Crippen LogP contribution in [0.3, 0.4) is 0 Å². The first-order valence-corrected chi connectivity index (χ1v) is 6.26. The minimum absolute atomic E-state index is 0.852. The average molecular weight is 200 g/mol. The quantitative estimate of drug-likeness (QED) is 0.627. The molecule has 13 heavy (non-hydrogen) atoms. The number of methoxy groups -OCH3 is 1. The molecule has 1 aliphatic rings. The van der Waals surface area contributed by atoms with Crippen LogP contribution < -0.4 is 0 Å². The molecule has 76 valence electrons. The van der Waals surface area contributed by atoms with Gasteiger partial charge in [0.1, 0.15) is 0 Å². The van der Waals surface area contributed by atoms with Gasteiger partial charge >= 0.3 is 0 Å². The van der Waals surface area contributed by atoms with Crippen LogP contribution in [0.5, 0.6) is 0 Å². The van der Waals surface area contributed by atoms with E-state index in [9.17, 15) is 0 Å². The number of thioether (sulfide) groups is 1. The van der Waals surface area contributed by atoms with Gasteiger partial charge in [-0.15, -0.1) is 0 Å². The van der Waals surface area contributed by atoms with E-state index in [4.69, 9.17) is 4.74 Å². The van der Waals surface area contributed by atoms with E-state index in [1.165, 1.54) is 37.2 Å². The number of allylic oxidation sites excluding steroid dienone is 2. The predicted octanol–water partition coefficient (Wildman–Crippen LogP) is 3.60. The highest BCUT2D eigenvalue weighted by atomic mass is 32.2. The fourth-order valence-electron chi connectivity index (χ4n) is 1.52. The Morgan fingerprint density at radius 1 is 1.62 bits per heavy atom. The number of ether oxygens (including phenoxy) is 1. The van der Waals surface area contributed by atoms with E-state index >= 15 is 0 Å². The molecule has 0 saturated heterocycles. The summed E-state index contributed by atoms with van der Waals surface area (Å²) in [7, 11) is 1.77. The molecule has 1 atom stereocenters. The Morgan fingerprint density at radius 3 is 3.00 bits per heavy atom. The van der Waals surface area contributed by atoms with Crippen LogP contribution in [0.4, 0.5) is 0 Å². The largest absolute Gasteiger partial charge is 0.501 e. The minimum atomic E-state index is 0.852. The van der Waals surface area contributed by atoms with Crippen molar-refractivity contribution in [1.82, 2.24) is 0 Å². The fraction of sp³-hybridized carbons (Fsp3) is 0.818. The first-order chi connectivity index (χ1) is 6.36. The van der Waals surface area contributed by atoms with E-state index < -0.39 is 0 Å². The van der Waals surface area contributed by atoms with Gasteiger partial charge in [-0.3, -0.25) is 0 Å². The molecule has 0 amide bonds. The van der Waals surface area contributed by atoms with Crippen LogP contribution >= 0.6 is 11.8 Å². The number of rotatable bonds is 5. The van der Waals surface area contributed by atoms with Crippen molar-refractivity contribution in [2.75, 3.05) is 12.9 Å². The van der Waals surface area contributed by atoms with Crippen molar-refractivity contribution in [2.24, 2.45) is 0 Å². The molecule has 0 saturated carbocycles. The highest BCUT2D eigenvalue weighted by molar-refractivity contribution is 7.99. The van der Waals surface area contributed by atoms with Gasteiger partial charge in [-0.2, -0.15) is 11.8 Å². The van der Waals surface area contributed by atoms with Crippen molar-refractivity contribution < 1.29 is 4.74 Å². The van der Waals surface area contributed by atoms with Gasteiger partial charge < -0.3 is 4.74 Å². The maximum atomic E-state index is 5.22. The van der Waals surface area contributed by atoms with E-state index in [2.05, 4.69) is 24.8 Å². The predicted molar refractivity (Wildman–Crippen MR) is 60.1 cm³/mol. The van der Waals surface area contributed by atoms with E-state index in [0.717, 1.165) is 11.7 Å². The van der Waals surface area contributed by atoms with Crippen LogP contribution in [0.1, 0.15) is 39.0 Å². The Kier molecular flexibility index (Phi) is 5.37. The van der Waals surface area contributed by atoms with Gasteiger partial charge in [0.15, 0.2) is 0 Å². The van der Waals surface area contributed by atoms with Crippen molar-refractivity contribution in [3.05, 3.63) is 11.8 Å². The lowest BCUT2D eigenvalue weighted by Gasteiger charge is -2.20. The van der Waals surface area contributed by atoms with Gasteiger partial charge in [0.25, 0.3) is 0 Å². The van der Waals surface area contributed by atoms with Gasteiger partial charge in [-0.25, -0.2) is 0 Å². The third kappa shape index (κ3) is 4.08. The minimum Gasteiger partial charge on any atom is -0.501 e. The summed E-state index contributed by atoms with van der Waals surface area (Å²) < 4.78 is 5.22. The molecule has 0 fully saturated rings. The molecule has 0 aromatic rings. The zero-order valence-corrected chi connectivity index (χ0v) is 9.53. The molecule has 0 aliphatic heterocycles. The molecule has 0 radical (unpaired) electrons. The average Bonchev–Trinajstić information content (AvgIpc) is 2.19. The Balaban J connectivity index is 2.14. The summed E-state index contributed by atoms with van der Waals surface area (Å²) >= 11 is 2.13. The molecule has 0 aromatic heterocycles. The molecule has 0 bridgehead atoms. The smallest absolute Gasteiger partial charge is 0.0916 e. The van der Waals surface area contributed by atoms with Crippen molar-refractivity contribution >= 4 is 11.8 Å². The molecule has 0 spiro atoms. The van der Waals surface area contributed by atoms with Crippen LogP contribution in [0.2, 0.25) is 0 Å². The van der Waals surface area contributed by atoms with Crippen molar-refractivity contribution in [2.45, 2.75) is 44.3 Å². The van der Waals surface area contributed by atoms with Crippen LogP contribution in [0, 0.1) is 0 Å². The fourth-order valence-corrected chi connectivity index (χ4v) is 2.82. The SMILES string of the molecule is CCCCSC1CC=C(OC)CC1. The monoisotopic (exact) mass is 200 g/mol. The van der Waals surface area contributed by atoms with Crippen LogP contribution in [0.25, 0.3) is 0 Å². The summed E-state index contributed by atoms with van der Waals surface area (Å²) in [5.74, 6) is 2.52. The standard InChI is InChI=1S/C11H20OS/c1-3-4-9-13-11-7-5-10(12-2)6-8-11/h5,11H,3-4,6-9H2,1-2H3. The van der Waals surface area contributed by atoms with Crippen LogP contribution in [-0.4, -0.2) is 18.1 Å². The van der Waals surface area contributed by atoms with Gasteiger partial charge in [-0.05, 0) is 31.1 Å². The summed E-state index contributed by atoms with van der Waals surface area (Å²) in [5.41, 5.74) is 0. The topological polar surface area (TPSA) is 9.23 Å². The van der Waals surface area contributed by atoms with Gasteiger partial charge in [0.05, 0.1) is 12.9 Å². The van der Waals surface area contributed by atoms with Gasteiger partial charge in [0.2, 0.25) is 0 Å². The number of hydrogen-bond acceptors (Lipinski definition) is 2. The van der Waals surface area contributed by atoms with Crippen molar-refractivity contribution in [1.29, 1.82) is 0 Å². The van der Waals surface area contributed by atoms with E-state index in [1.807, 2.05) is 0 Å². The molecule has 1 aliphatic carbocycles. The zero-order valence-electron chi connectivity index (χ0n) is 8.71. The summed E-state index contributed by atoms with van der Waals surface area (Å²) in [5, 5.41) is 0.852. The van der Waals surface area contributed by atoms with E-state index in [1.54, 1.807) is 7.11 Å². The molecular weight excluding hydrogens is 180 g/mol.